The fourth-order valence-electron chi connectivity index (χ4n) is 4.72. The second kappa shape index (κ2) is 10.8. The van der Waals surface area contributed by atoms with Gasteiger partial charge in [-0.25, -0.2) is 9.48 Å². The van der Waals surface area contributed by atoms with Crippen LogP contribution < -0.4 is 20.1 Å². The Morgan fingerprint density at radius 2 is 2.08 bits per heavy atom. The van der Waals surface area contributed by atoms with Crippen LogP contribution in [0, 0.1) is 5.92 Å². The van der Waals surface area contributed by atoms with Gasteiger partial charge in [-0.2, -0.15) is 0 Å². The highest BCUT2D eigenvalue weighted by atomic mass is 16.5. The molecule has 2 heterocycles. The molecule has 9 nitrogen and oxygen atoms in total. The summed E-state index contributed by atoms with van der Waals surface area (Å²) < 4.78 is 13.3. The number of urea groups is 1. The minimum Gasteiger partial charge on any atom is -0.493 e. The first-order valence-electron chi connectivity index (χ1n) is 12.1. The quantitative estimate of drug-likeness (QED) is 0.504. The molecule has 0 bridgehead atoms. The van der Waals surface area contributed by atoms with Gasteiger partial charge in [0.05, 0.1) is 25.9 Å². The molecule has 4 rings (SSSR count). The predicted molar refractivity (Wildman–Crippen MR) is 135 cm³/mol. The molecule has 0 saturated carbocycles. The van der Waals surface area contributed by atoms with Gasteiger partial charge in [-0.15, -0.1) is 5.10 Å². The Hall–Kier alpha value is -3.88. The lowest BCUT2D eigenvalue weighted by Gasteiger charge is -2.28. The maximum absolute atomic E-state index is 12.3. The Morgan fingerprint density at radius 3 is 2.75 bits per heavy atom. The first-order valence-corrected chi connectivity index (χ1v) is 12.1. The fourth-order valence-corrected chi connectivity index (χ4v) is 4.72. The third-order valence-electron chi connectivity index (χ3n) is 6.70. The molecule has 9 heteroatoms. The van der Waals surface area contributed by atoms with Crippen molar-refractivity contribution in [1.82, 2.24) is 25.6 Å². The van der Waals surface area contributed by atoms with Crippen LogP contribution in [-0.2, 0) is 17.9 Å². The minimum absolute atomic E-state index is 0.122. The molecule has 2 N–H and O–H groups in total. The third kappa shape index (κ3) is 5.67. The van der Waals surface area contributed by atoms with Crippen LogP contribution in [0.1, 0.15) is 57.3 Å². The van der Waals surface area contributed by atoms with E-state index in [1.54, 1.807) is 26.2 Å². The van der Waals surface area contributed by atoms with E-state index in [0.29, 0.717) is 46.5 Å². The fraction of sp³-hybridized carbons (Fsp3) is 0.407. The van der Waals surface area contributed by atoms with Crippen LogP contribution in [0.4, 0.5) is 4.79 Å². The van der Waals surface area contributed by atoms with E-state index in [9.17, 15) is 9.59 Å². The molecule has 190 valence electrons. The number of nitrogens with one attached hydrogen (secondary N) is 2. The summed E-state index contributed by atoms with van der Waals surface area (Å²) in [6, 6.07) is 4.40. The van der Waals surface area contributed by atoms with Gasteiger partial charge in [0.15, 0.2) is 17.3 Å². The van der Waals surface area contributed by atoms with E-state index in [-0.39, 0.29) is 18.4 Å². The highest BCUT2D eigenvalue weighted by Gasteiger charge is 2.29. The lowest BCUT2D eigenvalue weighted by Crippen LogP contribution is -2.44. The smallest absolute Gasteiger partial charge is 0.319 e. The van der Waals surface area contributed by atoms with Crippen LogP contribution in [0.2, 0.25) is 0 Å². The monoisotopic (exact) mass is 491 g/mol. The van der Waals surface area contributed by atoms with Gasteiger partial charge < -0.3 is 20.1 Å². The molecule has 0 fully saturated rings. The lowest BCUT2D eigenvalue weighted by atomic mass is 9.85. The predicted octanol–water partition coefficient (Wildman–Crippen LogP) is 4.39. The summed E-state index contributed by atoms with van der Waals surface area (Å²) in [6.45, 7) is 10.3. The lowest BCUT2D eigenvalue weighted by molar-refractivity contribution is -0.114. The molecule has 1 aromatic heterocycles. The SMILES string of the molecule is C=C(C)[C@@H]1CC=C(Cn2cc(COc3cc(C4NC(=O)NC(C)=C4C(C)=O)ccc3OC)nn2)CC1. The van der Waals surface area contributed by atoms with Crippen LogP contribution >= 0.6 is 0 Å². The van der Waals surface area contributed by atoms with Crippen molar-refractivity contribution >= 4 is 11.8 Å². The standard InChI is InChI=1S/C27H33N5O4/c1-16(2)20-8-6-19(7-9-20)13-32-14-22(30-31-32)15-36-24-12-21(10-11-23(24)35-5)26-25(18(4)33)17(3)28-27(34)29-26/h6,10-12,14,20,26H,1,7-9,13,15H2,2-5H3,(H2,28,29,34)/t20-,26?/m1/s1. The summed E-state index contributed by atoms with van der Waals surface area (Å²) in [5.41, 5.74) is 5.04. The number of aromatic nitrogens is 3. The minimum atomic E-state index is -0.585. The number of rotatable bonds is 9. The van der Waals surface area contributed by atoms with Gasteiger partial charge >= 0.3 is 6.03 Å². The molecule has 2 amide bonds. The number of nitrogens with zero attached hydrogens (tertiary/aromatic N) is 3. The summed E-state index contributed by atoms with van der Waals surface area (Å²) in [7, 11) is 1.56. The molecule has 2 atom stereocenters. The summed E-state index contributed by atoms with van der Waals surface area (Å²) in [4.78, 5) is 24.4. The van der Waals surface area contributed by atoms with Gasteiger partial charge in [0.1, 0.15) is 12.3 Å². The number of carbonyl (C=O) groups is 2. The first-order chi connectivity index (χ1) is 17.2. The van der Waals surface area contributed by atoms with Crippen molar-refractivity contribution in [3.63, 3.8) is 0 Å². The number of methoxy groups -OCH3 is 1. The maximum atomic E-state index is 12.3. The number of benzene rings is 1. The Bertz CT molecular complexity index is 1240. The maximum Gasteiger partial charge on any atom is 0.319 e. The van der Waals surface area contributed by atoms with Gasteiger partial charge in [-0.1, -0.05) is 35.1 Å². The summed E-state index contributed by atoms with van der Waals surface area (Å²) >= 11 is 0. The number of Topliss-reactive ketones (excluding diaryl/α,β-unsaturated/α-hetero) is 1. The highest BCUT2D eigenvalue weighted by molar-refractivity contribution is 5.98. The summed E-state index contributed by atoms with van der Waals surface area (Å²) in [5.74, 6) is 1.47. The second-order valence-electron chi connectivity index (χ2n) is 9.41. The van der Waals surface area contributed by atoms with Crippen molar-refractivity contribution in [3.05, 3.63) is 70.7 Å². The molecule has 0 saturated heterocycles. The molecular formula is C27H33N5O4. The summed E-state index contributed by atoms with van der Waals surface area (Å²) in [6.07, 6.45) is 7.37. The van der Waals surface area contributed by atoms with Crippen molar-refractivity contribution in [1.29, 1.82) is 0 Å². The number of amides is 2. The van der Waals surface area contributed by atoms with Crippen molar-refractivity contribution in [2.45, 2.75) is 59.2 Å². The molecule has 2 aromatic rings. The van der Waals surface area contributed by atoms with E-state index in [2.05, 4.69) is 40.5 Å². The molecule has 36 heavy (non-hydrogen) atoms. The molecule has 0 radical (unpaired) electrons. The molecular weight excluding hydrogens is 458 g/mol. The molecule has 1 unspecified atom stereocenters. The van der Waals surface area contributed by atoms with Gasteiger partial charge in [-0.3, -0.25) is 4.79 Å². The number of allylic oxidation sites excluding steroid dienone is 4. The third-order valence-corrected chi connectivity index (χ3v) is 6.70. The zero-order chi connectivity index (χ0) is 25.8. The van der Waals surface area contributed by atoms with E-state index in [4.69, 9.17) is 9.47 Å². The Morgan fingerprint density at radius 1 is 1.28 bits per heavy atom. The number of hydrogen-bond donors (Lipinski definition) is 2. The second-order valence-corrected chi connectivity index (χ2v) is 9.41. The van der Waals surface area contributed by atoms with Crippen molar-refractivity contribution in [3.8, 4) is 11.5 Å². The first kappa shape index (κ1) is 25.2. The zero-order valence-corrected chi connectivity index (χ0v) is 21.3. The topological polar surface area (TPSA) is 107 Å². The Kier molecular flexibility index (Phi) is 7.57. The zero-order valence-electron chi connectivity index (χ0n) is 21.3. The normalized spacial score (nSPS) is 19.8. The van der Waals surface area contributed by atoms with Crippen LogP contribution in [0.5, 0.6) is 11.5 Å². The molecule has 1 aliphatic carbocycles. The Labute approximate surface area is 211 Å². The average molecular weight is 492 g/mol. The van der Waals surface area contributed by atoms with E-state index in [0.717, 1.165) is 19.3 Å². The average Bonchev–Trinajstić information content (AvgIpc) is 3.29. The van der Waals surface area contributed by atoms with Gasteiger partial charge in [-0.05, 0) is 63.6 Å². The van der Waals surface area contributed by atoms with Crippen LogP contribution in [0.3, 0.4) is 0 Å². The molecule has 1 aliphatic heterocycles. The number of ketones is 1. The van der Waals surface area contributed by atoms with Crippen molar-refractivity contribution in [2.75, 3.05) is 7.11 Å². The van der Waals surface area contributed by atoms with Crippen molar-refractivity contribution < 1.29 is 19.1 Å². The Balaban J connectivity index is 1.46. The van der Waals surface area contributed by atoms with Crippen LogP contribution in [0.25, 0.3) is 0 Å². The highest BCUT2D eigenvalue weighted by Crippen LogP contribution is 2.35. The molecule has 0 spiro atoms. The van der Waals surface area contributed by atoms with E-state index in [1.165, 1.54) is 18.1 Å². The van der Waals surface area contributed by atoms with Gasteiger partial charge in [0, 0.05) is 11.3 Å². The largest absolute Gasteiger partial charge is 0.493 e. The summed E-state index contributed by atoms with van der Waals surface area (Å²) in [5, 5.41) is 14.0. The van der Waals surface area contributed by atoms with Gasteiger partial charge in [0.2, 0.25) is 0 Å². The number of ether oxygens (including phenoxy) is 2. The van der Waals surface area contributed by atoms with Crippen molar-refractivity contribution in [2.24, 2.45) is 5.92 Å². The van der Waals surface area contributed by atoms with Gasteiger partial charge in [0.25, 0.3) is 0 Å². The molecule has 2 aliphatic rings. The van der Waals surface area contributed by atoms with Crippen LogP contribution in [-0.4, -0.2) is 33.9 Å². The van der Waals surface area contributed by atoms with E-state index >= 15 is 0 Å². The number of hydrogen-bond acceptors (Lipinski definition) is 6. The molecule has 1 aromatic carbocycles. The van der Waals surface area contributed by atoms with E-state index < -0.39 is 6.04 Å². The van der Waals surface area contributed by atoms with Crippen LogP contribution in [0.15, 0.2) is 59.5 Å². The number of carbonyl (C=O) groups excluding carboxylic acids is 2. The van der Waals surface area contributed by atoms with E-state index in [1.807, 2.05) is 16.9 Å².